The third-order valence-corrected chi connectivity index (χ3v) is 9.08. The fraction of sp³-hybridized carbons (Fsp3) is 0.696. The molecule has 0 radical (unpaired) electrons. The normalized spacial score (nSPS) is 20.2. The van der Waals surface area contributed by atoms with Crippen LogP contribution in [0.5, 0.6) is 0 Å². The zero-order chi connectivity index (χ0) is 21.4. The second kappa shape index (κ2) is 9.24. The molecule has 5 rings (SSSR count). The molecule has 31 heavy (non-hydrogen) atoms. The van der Waals surface area contributed by atoms with Crippen LogP contribution in [0.25, 0.3) is 10.2 Å². The molecule has 2 aromatic heterocycles. The highest BCUT2D eigenvalue weighted by Crippen LogP contribution is 2.34. The van der Waals surface area contributed by atoms with E-state index in [-0.39, 0.29) is 11.5 Å². The second-order valence-corrected chi connectivity index (χ2v) is 11.2. The van der Waals surface area contributed by atoms with E-state index < -0.39 is 0 Å². The number of nitrogens with zero attached hydrogens (tertiary/aromatic N) is 3. The first-order chi connectivity index (χ1) is 15.1. The van der Waals surface area contributed by atoms with Crippen LogP contribution in [0.4, 0.5) is 0 Å². The van der Waals surface area contributed by atoms with Crippen molar-refractivity contribution in [3.63, 3.8) is 0 Å². The molecule has 8 heteroatoms. The number of aromatic amines is 1. The molecule has 0 aromatic carbocycles. The van der Waals surface area contributed by atoms with Gasteiger partial charge in [0.2, 0.25) is 5.91 Å². The van der Waals surface area contributed by atoms with Gasteiger partial charge in [-0.3, -0.25) is 9.59 Å². The van der Waals surface area contributed by atoms with Crippen molar-refractivity contribution >= 4 is 39.2 Å². The minimum atomic E-state index is -0.00591. The molecular weight excluding hydrogens is 428 g/mol. The molecule has 168 valence electrons. The Labute approximate surface area is 191 Å². The van der Waals surface area contributed by atoms with Gasteiger partial charge in [-0.05, 0) is 63.5 Å². The Morgan fingerprint density at radius 3 is 2.68 bits per heavy atom. The van der Waals surface area contributed by atoms with Gasteiger partial charge in [-0.2, -0.15) is 0 Å². The van der Waals surface area contributed by atoms with Gasteiger partial charge in [0, 0.05) is 30.1 Å². The van der Waals surface area contributed by atoms with Gasteiger partial charge < -0.3 is 14.8 Å². The predicted molar refractivity (Wildman–Crippen MR) is 128 cm³/mol. The number of nitrogens with one attached hydrogen (secondary N) is 1. The number of fused-ring (bicyclic) bond motifs is 3. The highest BCUT2D eigenvalue weighted by Gasteiger charge is 2.38. The molecule has 6 nitrogen and oxygen atoms in total. The quantitative estimate of drug-likeness (QED) is 0.684. The molecule has 3 heterocycles. The lowest BCUT2D eigenvalue weighted by molar-refractivity contribution is -0.132. The topological polar surface area (TPSA) is 69.3 Å². The maximum Gasteiger partial charge on any atom is 0.259 e. The maximum absolute atomic E-state index is 13.1. The van der Waals surface area contributed by atoms with Crippen molar-refractivity contribution in [3.05, 3.63) is 26.6 Å². The van der Waals surface area contributed by atoms with Gasteiger partial charge in [-0.15, -0.1) is 23.1 Å². The summed E-state index contributed by atoms with van der Waals surface area (Å²) in [4.78, 5) is 40.4. The van der Waals surface area contributed by atoms with Crippen molar-refractivity contribution in [3.8, 4) is 0 Å². The molecule has 0 spiro atoms. The van der Waals surface area contributed by atoms with E-state index in [0.29, 0.717) is 29.4 Å². The number of piperidine rings is 1. The highest BCUT2D eigenvalue weighted by atomic mass is 32.2. The van der Waals surface area contributed by atoms with Crippen LogP contribution < -0.4 is 5.56 Å². The average Bonchev–Trinajstić information content (AvgIpc) is 3.53. The Morgan fingerprint density at radius 2 is 1.94 bits per heavy atom. The summed E-state index contributed by atoms with van der Waals surface area (Å²) in [5.74, 6) is 2.00. The lowest BCUT2D eigenvalue weighted by atomic mass is 9.97. The van der Waals surface area contributed by atoms with E-state index in [0.717, 1.165) is 74.8 Å². The molecule has 0 atom stereocenters. The van der Waals surface area contributed by atoms with Crippen molar-refractivity contribution in [2.75, 3.05) is 25.4 Å². The van der Waals surface area contributed by atoms with Crippen LogP contribution in [-0.2, 0) is 23.4 Å². The molecule has 3 aliphatic rings. The number of aryl methyl sites for hydroxylation is 2. The number of likely N-dealkylation sites (tertiary alicyclic amines) is 1. The summed E-state index contributed by atoms with van der Waals surface area (Å²) >= 11 is 3.27. The second-order valence-electron chi connectivity index (χ2n) is 9.09. The summed E-state index contributed by atoms with van der Waals surface area (Å²) in [6, 6.07) is 0.855. The van der Waals surface area contributed by atoms with Gasteiger partial charge in [0.05, 0.1) is 16.9 Å². The van der Waals surface area contributed by atoms with E-state index in [9.17, 15) is 9.59 Å². The first-order valence-electron chi connectivity index (χ1n) is 11.8. The SMILES string of the molecule is CCN1CCC(N(C(=O)CSCc2nc3sc4c(c3c(=O)[nH]2)CCCC4)C2CC2)CC1. The van der Waals surface area contributed by atoms with Crippen LogP contribution in [0.15, 0.2) is 4.79 Å². The number of thiophene rings is 1. The van der Waals surface area contributed by atoms with E-state index in [1.165, 1.54) is 16.9 Å². The molecule has 1 amide bonds. The van der Waals surface area contributed by atoms with Gasteiger partial charge >= 0.3 is 0 Å². The van der Waals surface area contributed by atoms with E-state index >= 15 is 0 Å². The molecule has 1 saturated carbocycles. The zero-order valence-electron chi connectivity index (χ0n) is 18.3. The third-order valence-electron chi connectivity index (χ3n) is 6.96. The van der Waals surface area contributed by atoms with E-state index in [2.05, 4.69) is 21.7 Å². The molecule has 1 N–H and O–H groups in total. The van der Waals surface area contributed by atoms with Crippen LogP contribution in [0.2, 0.25) is 0 Å². The number of H-pyrrole nitrogens is 1. The minimum absolute atomic E-state index is 0.00591. The number of rotatable bonds is 7. The number of hydrogen-bond donors (Lipinski definition) is 1. The lowest BCUT2D eigenvalue weighted by Gasteiger charge is -2.38. The molecular formula is C23H32N4O2S2. The van der Waals surface area contributed by atoms with Crippen molar-refractivity contribution in [1.82, 2.24) is 19.8 Å². The monoisotopic (exact) mass is 460 g/mol. The lowest BCUT2D eigenvalue weighted by Crippen LogP contribution is -2.49. The Kier molecular flexibility index (Phi) is 6.40. The van der Waals surface area contributed by atoms with Gasteiger partial charge in [-0.25, -0.2) is 4.98 Å². The van der Waals surface area contributed by atoms with E-state index in [1.54, 1.807) is 23.1 Å². The summed E-state index contributed by atoms with van der Waals surface area (Å²) in [5, 5.41) is 0.808. The number of carbonyl (C=O) groups is 1. The minimum Gasteiger partial charge on any atom is -0.336 e. The summed E-state index contributed by atoms with van der Waals surface area (Å²) in [7, 11) is 0. The van der Waals surface area contributed by atoms with Crippen LogP contribution in [0.1, 0.15) is 61.7 Å². The number of thioether (sulfide) groups is 1. The maximum atomic E-state index is 13.1. The smallest absolute Gasteiger partial charge is 0.259 e. The number of amides is 1. The van der Waals surface area contributed by atoms with Crippen molar-refractivity contribution in [2.24, 2.45) is 0 Å². The summed E-state index contributed by atoms with van der Waals surface area (Å²) in [6.45, 7) is 5.51. The van der Waals surface area contributed by atoms with E-state index in [1.807, 2.05) is 0 Å². The van der Waals surface area contributed by atoms with Crippen LogP contribution in [-0.4, -0.2) is 63.1 Å². The Morgan fingerprint density at radius 1 is 1.19 bits per heavy atom. The van der Waals surface area contributed by atoms with Crippen molar-refractivity contribution in [1.29, 1.82) is 0 Å². The van der Waals surface area contributed by atoms with Gasteiger partial charge in [-0.1, -0.05) is 6.92 Å². The largest absolute Gasteiger partial charge is 0.336 e. The molecule has 0 unspecified atom stereocenters. The number of hydrogen-bond acceptors (Lipinski definition) is 6. The standard InChI is InChI=1S/C23H32N4O2S2/c1-2-26-11-9-16(10-12-26)27(15-7-8-15)20(28)14-30-13-19-24-22(29)21-17-5-3-4-6-18(17)31-23(21)25-19/h15-16H,2-14H2,1H3,(H,24,25,29). The molecule has 2 fully saturated rings. The van der Waals surface area contributed by atoms with Crippen LogP contribution in [0, 0.1) is 0 Å². The Balaban J connectivity index is 1.21. The van der Waals surface area contributed by atoms with Crippen molar-refractivity contribution < 1.29 is 4.79 Å². The number of aromatic nitrogens is 2. The van der Waals surface area contributed by atoms with Crippen LogP contribution in [0.3, 0.4) is 0 Å². The Hall–Kier alpha value is -1.38. The van der Waals surface area contributed by atoms with Gasteiger partial charge in [0.25, 0.3) is 5.56 Å². The molecule has 1 saturated heterocycles. The molecule has 2 aliphatic carbocycles. The summed E-state index contributed by atoms with van der Waals surface area (Å²) < 4.78 is 0. The van der Waals surface area contributed by atoms with Crippen molar-refractivity contribution in [2.45, 2.75) is 76.1 Å². The average molecular weight is 461 g/mol. The highest BCUT2D eigenvalue weighted by molar-refractivity contribution is 7.99. The Bertz CT molecular complexity index is 1000. The van der Waals surface area contributed by atoms with E-state index in [4.69, 9.17) is 4.98 Å². The third kappa shape index (κ3) is 4.57. The fourth-order valence-electron chi connectivity index (χ4n) is 5.16. The predicted octanol–water partition coefficient (Wildman–Crippen LogP) is 3.57. The number of carbonyl (C=O) groups excluding carboxylic acids is 1. The molecule has 0 bridgehead atoms. The van der Waals surface area contributed by atoms with Gasteiger partial charge in [0.1, 0.15) is 10.7 Å². The van der Waals surface area contributed by atoms with Crippen LogP contribution >= 0.6 is 23.1 Å². The summed E-state index contributed by atoms with van der Waals surface area (Å²) in [5.41, 5.74) is 1.22. The first kappa shape index (κ1) is 21.5. The zero-order valence-corrected chi connectivity index (χ0v) is 20.0. The molecule has 2 aromatic rings. The first-order valence-corrected chi connectivity index (χ1v) is 13.8. The summed E-state index contributed by atoms with van der Waals surface area (Å²) in [6.07, 6.45) is 8.92. The van der Waals surface area contributed by atoms with Gasteiger partial charge in [0.15, 0.2) is 0 Å². The fourth-order valence-corrected chi connectivity index (χ4v) is 7.19. The molecule has 1 aliphatic heterocycles.